The Balaban J connectivity index is 1.41. The van der Waals surface area contributed by atoms with E-state index in [1.807, 2.05) is 36.4 Å². The number of hydrogen-bond donors (Lipinski definition) is 1. The molecule has 3 aromatic rings. The first-order valence-corrected chi connectivity index (χ1v) is 10.1. The van der Waals surface area contributed by atoms with E-state index in [0.29, 0.717) is 19.7 Å². The minimum absolute atomic E-state index is 0.428. The van der Waals surface area contributed by atoms with Gasteiger partial charge in [-0.2, -0.15) is 0 Å². The van der Waals surface area contributed by atoms with E-state index in [-0.39, 0.29) is 0 Å². The van der Waals surface area contributed by atoms with Gasteiger partial charge in [-0.1, -0.05) is 12.5 Å². The van der Waals surface area contributed by atoms with Crippen LogP contribution >= 0.6 is 0 Å². The summed E-state index contributed by atoms with van der Waals surface area (Å²) >= 11 is 0. The van der Waals surface area contributed by atoms with Gasteiger partial charge in [-0.3, -0.25) is 4.98 Å². The standard InChI is InChI=1S/C22H27N5O2/c1-28-19-9-10-20(29-16-18-7-4-5-11-24-18)17(13-19)14-23-15-22-26-25-21-8-3-2-6-12-27(21)22/h4-5,7,9-11,13,23H,2-3,6,8,12,14-16H2,1H3. The van der Waals surface area contributed by atoms with Crippen LogP contribution in [0.1, 0.15) is 42.2 Å². The molecule has 0 radical (unpaired) electrons. The fourth-order valence-corrected chi connectivity index (χ4v) is 3.58. The molecule has 0 aliphatic carbocycles. The zero-order valence-electron chi connectivity index (χ0n) is 16.8. The second-order valence-corrected chi connectivity index (χ2v) is 7.18. The summed E-state index contributed by atoms with van der Waals surface area (Å²) in [5.41, 5.74) is 1.93. The number of rotatable bonds is 8. The number of aryl methyl sites for hydroxylation is 1. The first kappa shape index (κ1) is 19.4. The Morgan fingerprint density at radius 1 is 1.07 bits per heavy atom. The summed E-state index contributed by atoms with van der Waals surface area (Å²) in [6, 6.07) is 11.7. The van der Waals surface area contributed by atoms with Crippen LogP contribution in [0, 0.1) is 0 Å². The third kappa shape index (κ3) is 4.92. The Morgan fingerprint density at radius 2 is 2.03 bits per heavy atom. The molecular weight excluding hydrogens is 366 g/mol. The Labute approximate surface area is 171 Å². The van der Waals surface area contributed by atoms with Crippen LogP contribution in [0.15, 0.2) is 42.6 Å². The van der Waals surface area contributed by atoms with Gasteiger partial charge in [0.2, 0.25) is 0 Å². The van der Waals surface area contributed by atoms with Gasteiger partial charge >= 0.3 is 0 Å². The molecule has 0 saturated heterocycles. The summed E-state index contributed by atoms with van der Waals surface area (Å²) in [5, 5.41) is 12.3. The average molecular weight is 393 g/mol. The van der Waals surface area contributed by atoms with Gasteiger partial charge in [-0.05, 0) is 43.2 Å². The molecule has 152 valence electrons. The fraction of sp³-hybridized carbons (Fsp3) is 0.409. The smallest absolute Gasteiger partial charge is 0.147 e. The van der Waals surface area contributed by atoms with Crippen molar-refractivity contribution in [2.75, 3.05) is 7.11 Å². The first-order chi connectivity index (χ1) is 14.3. The molecule has 7 heteroatoms. The van der Waals surface area contributed by atoms with Gasteiger partial charge in [0.25, 0.3) is 0 Å². The fourth-order valence-electron chi connectivity index (χ4n) is 3.58. The lowest BCUT2D eigenvalue weighted by Gasteiger charge is -2.14. The monoisotopic (exact) mass is 393 g/mol. The number of nitrogens with zero attached hydrogens (tertiary/aromatic N) is 4. The number of pyridine rings is 1. The summed E-state index contributed by atoms with van der Waals surface area (Å²) in [4.78, 5) is 4.32. The third-order valence-corrected chi connectivity index (χ3v) is 5.15. The van der Waals surface area contributed by atoms with E-state index >= 15 is 0 Å². The van der Waals surface area contributed by atoms with Crippen molar-refractivity contribution in [1.29, 1.82) is 0 Å². The highest BCUT2D eigenvalue weighted by atomic mass is 16.5. The van der Waals surface area contributed by atoms with Crippen molar-refractivity contribution in [2.45, 2.75) is 51.9 Å². The maximum Gasteiger partial charge on any atom is 0.147 e. The van der Waals surface area contributed by atoms with E-state index in [1.54, 1.807) is 13.3 Å². The lowest BCUT2D eigenvalue weighted by atomic mass is 10.2. The maximum absolute atomic E-state index is 6.03. The van der Waals surface area contributed by atoms with Gasteiger partial charge in [-0.25, -0.2) is 0 Å². The second kappa shape index (κ2) is 9.52. The highest BCUT2D eigenvalue weighted by molar-refractivity contribution is 5.40. The van der Waals surface area contributed by atoms with E-state index in [9.17, 15) is 0 Å². The van der Waals surface area contributed by atoms with Crippen molar-refractivity contribution >= 4 is 0 Å². The second-order valence-electron chi connectivity index (χ2n) is 7.18. The molecule has 3 heterocycles. The number of aromatic nitrogens is 4. The molecule has 0 unspecified atom stereocenters. The van der Waals surface area contributed by atoms with Crippen LogP contribution in [0.4, 0.5) is 0 Å². The van der Waals surface area contributed by atoms with Crippen LogP contribution < -0.4 is 14.8 Å². The normalized spacial score (nSPS) is 13.6. The molecule has 0 spiro atoms. The molecule has 0 bridgehead atoms. The Morgan fingerprint density at radius 3 is 2.90 bits per heavy atom. The summed E-state index contributed by atoms with van der Waals surface area (Å²) in [7, 11) is 1.67. The molecule has 4 rings (SSSR count). The quantitative estimate of drug-likeness (QED) is 0.633. The number of benzene rings is 1. The van der Waals surface area contributed by atoms with E-state index < -0.39 is 0 Å². The number of hydrogen-bond acceptors (Lipinski definition) is 6. The highest BCUT2D eigenvalue weighted by Crippen LogP contribution is 2.25. The largest absolute Gasteiger partial charge is 0.497 e. The molecule has 1 N–H and O–H groups in total. The van der Waals surface area contributed by atoms with E-state index in [1.165, 1.54) is 19.3 Å². The summed E-state index contributed by atoms with van der Waals surface area (Å²) in [5.74, 6) is 3.74. The predicted octanol–water partition coefficient (Wildman–Crippen LogP) is 3.28. The van der Waals surface area contributed by atoms with Crippen LogP contribution in [0.5, 0.6) is 11.5 Å². The molecule has 29 heavy (non-hydrogen) atoms. The van der Waals surface area contributed by atoms with Gasteiger partial charge in [0.15, 0.2) is 0 Å². The van der Waals surface area contributed by atoms with Gasteiger partial charge in [-0.15, -0.1) is 10.2 Å². The Bertz CT molecular complexity index is 926. The van der Waals surface area contributed by atoms with Crippen LogP contribution in [0.3, 0.4) is 0 Å². The lowest BCUT2D eigenvalue weighted by Crippen LogP contribution is -2.18. The first-order valence-electron chi connectivity index (χ1n) is 10.1. The summed E-state index contributed by atoms with van der Waals surface area (Å²) < 4.78 is 13.7. The van der Waals surface area contributed by atoms with E-state index in [2.05, 4.69) is 25.1 Å². The molecular formula is C22H27N5O2. The minimum Gasteiger partial charge on any atom is -0.497 e. The van der Waals surface area contributed by atoms with Crippen LogP contribution in [0.25, 0.3) is 0 Å². The van der Waals surface area contributed by atoms with Crippen LogP contribution in [-0.4, -0.2) is 26.9 Å². The van der Waals surface area contributed by atoms with Gasteiger partial charge in [0.05, 0.1) is 19.3 Å². The van der Waals surface area contributed by atoms with Crippen LogP contribution in [0.2, 0.25) is 0 Å². The molecule has 1 aliphatic heterocycles. The number of methoxy groups -OCH3 is 1. The SMILES string of the molecule is COc1ccc(OCc2ccccn2)c(CNCc2nnc3n2CCCCC3)c1. The molecule has 0 saturated carbocycles. The molecule has 0 fully saturated rings. The van der Waals surface area contributed by atoms with Gasteiger partial charge < -0.3 is 19.4 Å². The van der Waals surface area contributed by atoms with Crippen molar-refractivity contribution in [1.82, 2.24) is 25.1 Å². The molecule has 7 nitrogen and oxygen atoms in total. The predicted molar refractivity (Wildman–Crippen MR) is 110 cm³/mol. The minimum atomic E-state index is 0.428. The molecule has 1 aliphatic rings. The van der Waals surface area contributed by atoms with E-state index in [4.69, 9.17) is 9.47 Å². The zero-order valence-corrected chi connectivity index (χ0v) is 16.8. The van der Waals surface area contributed by atoms with Gasteiger partial charge in [0, 0.05) is 31.3 Å². The van der Waals surface area contributed by atoms with E-state index in [0.717, 1.165) is 47.4 Å². The van der Waals surface area contributed by atoms with Crippen molar-refractivity contribution < 1.29 is 9.47 Å². The third-order valence-electron chi connectivity index (χ3n) is 5.15. The van der Waals surface area contributed by atoms with Crippen molar-refractivity contribution in [2.24, 2.45) is 0 Å². The number of fused-ring (bicyclic) bond motifs is 1. The average Bonchev–Trinajstić information content (AvgIpc) is 2.99. The molecule has 1 aromatic carbocycles. The summed E-state index contributed by atoms with van der Waals surface area (Å²) in [6.45, 7) is 2.76. The Kier molecular flexibility index (Phi) is 6.36. The Hall–Kier alpha value is -2.93. The lowest BCUT2D eigenvalue weighted by molar-refractivity contribution is 0.296. The van der Waals surface area contributed by atoms with Crippen molar-refractivity contribution in [3.05, 3.63) is 65.5 Å². The molecule has 0 amide bonds. The van der Waals surface area contributed by atoms with Crippen LogP contribution in [-0.2, 0) is 32.7 Å². The number of ether oxygens (including phenoxy) is 2. The van der Waals surface area contributed by atoms with Gasteiger partial charge in [0.1, 0.15) is 29.8 Å². The highest BCUT2D eigenvalue weighted by Gasteiger charge is 2.14. The van der Waals surface area contributed by atoms with Crippen molar-refractivity contribution in [3.8, 4) is 11.5 Å². The number of nitrogens with one attached hydrogen (secondary N) is 1. The molecule has 2 aromatic heterocycles. The summed E-state index contributed by atoms with van der Waals surface area (Å²) in [6.07, 6.45) is 6.45. The maximum atomic E-state index is 6.03. The molecule has 0 atom stereocenters. The topological polar surface area (TPSA) is 74.1 Å². The zero-order chi connectivity index (χ0) is 19.9. The van der Waals surface area contributed by atoms with Crippen molar-refractivity contribution in [3.63, 3.8) is 0 Å².